The van der Waals surface area contributed by atoms with Crippen molar-refractivity contribution in [2.75, 3.05) is 13.2 Å². The van der Waals surface area contributed by atoms with Gasteiger partial charge >= 0.3 is 6.09 Å². The Balaban J connectivity index is 4.78. The van der Waals surface area contributed by atoms with Crippen LogP contribution in [0.5, 0.6) is 0 Å². The van der Waals surface area contributed by atoms with E-state index in [2.05, 4.69) is 39.2 Å². The Morgan fingerprint density at radius 3 is 2.00 bits per heavy atom. The normalized spacial score (nSPS) is 16.0. The number of alkyl carbamates (subject to hydrolysis) is 1. The highest BCUT2D eigenvalue weighted by molar-refractivity contribution is 6.74. The molecule has 0 bridgehead atoms. The van der Waals surface area contributed by atoms with E-state index in [0.29, 0.717) is 13.0 Å². The minimum atomic E-state index is -1.95. The first kappa shape index (κ1) is 26.4. The van der Waals surface area contributed by atoms with Gasteiger partial charge in [-0.3, -0.25) is 5.32 Å². The number of aliphatic hydroxyl groups is 1. The lowest BCUT2D eigenvalue weighted by Crippen LogP contribution is -2.49. The molecule has 0 aromatic rings. The summed E-state index contributed by atoms with van der Waals surface area (Å²) >= 11 is 0. The monoisotopic (exact) mass is 405 g/mol. The Bertz CT molecular complexity index is 466. The summed E-state index contributed by atoms with van der Waals surface area (Å²) in [5.74, 6) is 0.0182. The standard InChI is InChI=1S/C20H43NO5Si/c1-15(14-22)16(26-27(10,11)19(5,6)7)12-13-24-20(8,9)21-17(23)25-18(2,3)4/h15-16,22H,12-14H2,1-11H3,(H,21,23). The van der Waals surface area contributed by atoms with E-state index in [0.717, 1.165) is 0 Å². The SMILES string of the molecule is CC(CO)C(CCOC(C)(C)NC(=O)OC(C)(C)C)O[Si](C)(C)C(C)(C)C. The molecule has 2 N–H and O–H groups in total. The molecule has 0 fully saturated rings. The van der Waals surface area contributed by atoms with Crippen molar-refractivity contribution in [3.05, 3.63) is 0 Å². The van der Waals surface area contributed by atoms with Crippen molar-refractivity contribution in [1.82, 2.24) is 5.32 Å². The fourth-order valence-electron chi connectivity index (χ4n) is 2.15. The molecule has 0 spiro atoms. The number of ether oxygens (including phenoxy) is 2. The van der Waals surface area contributed by atoms with Gasteiger partial charge in [0.25, 0.3) is 0 Å². The molecular formula is C20H43NO5Si. The average Bonchev–Trinajstić information content (AvgIpc) is 2.40. The average molecular weight is 406 g/mol. The molecule has 0 radical (unpaired) electrons. The summed E-state index contributed by atoms with van der Waals surface area (Å²) in [6.07, 6.45) is 0.0479. The molecule has 27 heavy (non-hydrogen) atoms. The van der Waals surface area contributed by atoms with E-state index in [1.165, 1.54) is 0 Å². The van der Waals surface area contributed by atoms with Gasteiger partial charge in [0.15, 0.2) is 8.32 Å². The first-order valence-electron chi connectivity index (χ1n) is 9.84. The van der Waals surface area contributed by atoms with Gasteiger partial charge in [0.1, 0.15) is 11.3 Å². The van der Waals surface area contributed by atoms with Crippen LogP contribution in [0.25, 0.3) is 0 Å². The van der Waals surface area contributed by atoms with Crippen LogP contribution in [0.15, 0.2) is 0 Å². The second-order valence-corrected chi connectivity index (χ2v) is 15.1. The van der Waals surface area contributed by atoms with Crippen LogP contribution in [0.3, 0.4) is 0 Å². The molecule has 2 atom stereocenters. The van der Waals surface area contributed by atoms with Crippen LogP contribution in [-0.4, -0.2) is 50.2 Å². The van der Waals surface area contributed by atoms with Crippen molar-refractivity contribution in [2.24, 2.45) is 5.92 Å². The Labute approximate surface area is 167 Å². The molecule has 2 unspecified atom stereocenters. The summed E-state index contributed by atoms with van der Waals surface area (Å²) in [5, 5.41) is 12.4. The van der Waals surface area contributed by atoms with Crippen LogP contribution >= 0.6 is 0 Å². The maximum atomic E-state index is 12.0. The quantitative estimate of drug-likeness (QED) is 0.430. The number of carbonyl (C=O) groups excluding carboxylic acids is 1. The van der Waals surface area contributed by atoms with Gasteiger partial charge in [-0.15, -0.1) is 0 Å². The van der Waals surface area contributed by atoms with E-state index in [1.54, 1.807) is 13.8 Å². The van der Waals surface area contributed by atoms with Crippen LogP contribution in [0, 0.1) is 5.92 Å². The van der Waals surface area contributed by atoms with Gasteiger partial charge in [0.05, 0.1) is 12.7 Å². The molecule has 1 amide bonds. The number of amides is 1. The number of carbonyl (C=O) groups is 1. The van der Waals surface area contributed by atoms with Gasteiger partial charge in [-0.05, 0) is 59.2 Å². The number of hydrogen-bond acceptors (Lipinski definition) is 5. The number of rotatable bonds is 9. The van der Waals surface area contributed by atoms with E-state index in [1.807, 2.05) is 27.7 Å². The van der Waals surface area contributed by atoms with Crippen LogP contribution in [-0.2, 0) is 13.9 Å². The Hall–Kier alpha value is -0.633. The first-order chi connectivity index (χ1) is 11.9. The Kier molecular flexibility index (Phi) is 9.49. The van der Waals surface area contributed by atoms with Crippen LogP contribution < -0.4 is 5.32 Å². The van der Waals surface area contributed by atoms with Crippen molar-refractivity contribution >= 4 is 14.4 Å². The van der Waals surface area contributed by atoms with E-state index in [9.17, 15) is 9.90 Å². The fraction of sp³-hybridized carbons (Fsp3) is 0.950. The molecule has 7 heteroatoms. The molecule has 0 aliphatic heterocycles. The molecule has 0 aromatic heterocycles. The summed E-state index contributed by atoms with van der Waals surface area (Å²) in [5.41, 5.74) is -1.41. The van der Waals surface area contributed by atoms with Crippen molar-refractivity contribution in [1.29, 1.82) is 0 Å². The van der Waals surface area contributed by atoms with Crippen LogP contribution in [0.2, 0.25) is 18.1 Å². The third kappa shape index (κ3) is 10.5. The van der Waals surface area contributed by atoms with E-state index in [-0.39, 0.29) is 23.7 Å². The van der Waals surface area contributed by atoms with E-state index in [4.69, 9.17) is 13.9 Å². The maximum absolute atomic E-state index is 12.0. The summed E-state index contributed by atoms with van der Waals surface area (Å²) in [7, 11) is -1.95. The van der Waals surface area contributed by atoms with Crippen molar-refractivity contribution < 1.29 is 23.8 Å². The lowest BCUT2D eigenvalue weighted by atomic mass is 10.0. The smallest absolute Gasteiger partial charge is 0.409 e. The van der Waals surface area contributed by atoms with Gasteiger partial charge in [-0.1, -0.05) is 27.7 Å². The third-order valence-electron chi connectivity index (χ3n) is 4.84. The zero-order valence-electron chi connectivity index (χ0n) is 19.4. The maximum Gasteiger partial charge on any atom is 0.409 e. The van der Waals surface area contributed by atoms with Gasteiger partial charge in [0.2, 0.25) is 0 Å². The first-order valence-corrected chi connectivity index (χ1v) is 12.7. The number of hydrogen-bond donors (Lipinski definition) is 2. The van der Waals surface area contributed by atoms with Crippen molar-refractivity contribution in [2.45, 2.75) is 104 Å². The lowest BCUT2D eigenvalue weighted by Gasteiger charge is -2.41. The molecule has 6 nitrogen and oxygen atoms in total. The fourth-order valence-corrected chi connectivity index (χ4v) is 3.61. The Morgan fingerprint density at radius 2 is 1.59 bits per heavy atom. The summed E-state index contributed by atoms with van der Waals surface area (Å²) < 4.78 is 17.7. The number of aliphatic hydroxyl groups excluding tert-OH is 1. The van der Waals surface area contributed by atoms with Gasteiger partial charge in [-0.25, -0.2) is 4.79 Å². The molecule has 0 saturated carbocycles. The molecule has 0 aliphatic rings. The molecule has 0 heterocycles. The van der Waals surface area contributed by atoms with Crippen molar-refractivity contribution in [3.63, 3.8) is 0 Å². The highest BCUT2D eigenvalue weighted by atomic mass is 28.4. The van der Waals surface area contributed by atoms with Crippen LogP contribution in [0.4, 0.5) is 4.79 Å². The topological polar surface area (TPSA) is 77.0 Å². The highest BCUT2D eigenvalue weighted by Gasteiger charge is 2.40. The second-order valence-electron chi connectivity index (χ2n) is 10.4. The van der Waals surface area contributed by atoms with E-state index >= 15 is 0 Å². The highest BCUT2D eigenvalue weighted by Crippen LogP contribution is 2.38. The predicted octanol–water partition coefficient (Wildman–Crippen LogP) is 4.67. The molecule has 0 aliphatic carbocycles. The summed E-state index contributed by atoms with van der Waals surface area (Å²) in [6, 6.07) is 0. The zero-order chi connectivity index (χ0) is 21.7. The molecular weight excluding hydrogens is 362 g/mol. The summed E-state index contributed by atoms with van der Waals surface area (Å²) in [6.45, 7) is 22.5. The third-order valence-corrected chi connectivity index (χ3v) is 9.35. The lowest BCUT2D eigenvalue weighted by molar-refractivity contribution is -0.0607. The minimum Gasteiger partial charge on any atom is -0.444 e. The molecule has 0 rings (SSSR count). The summed E-state index contributed by atoms with van der Waals surface area (Å²) in [4.78, 5) is 12.0. The van der Waals surface area contributed by atoms with E-state index < -0.39 is 25.7 Å². The molecule has 0 aromatic carbocycles. The van der Waals surface area contributed by atoms with Gasteiger partial charge in [-0.2, -0.15) is 0 Å². The van der Waals surface area contributed by atoms with Crippen molar-refractivity contribution in [3.8, 4) is 0 Å². The van der Waals surface area contributed by atoms with Gasteiger partial charge < -0.3 is 19.0 Å². The second kappa shape index (κ2) is 9.72. The van der Waals surface area contributed by atoms with Crippen LogP contribution in [0.1, 0.15) is 68.7 Å². The largest absolute Gasteiger partial charge is 0.444 e. The van der Waals surface area contributed by atoms with Gasteiger partial charge in [0, 0.05) is 12.5 Å². The molecule has 0 saturated heterocycles. The number of nitrogens with one attached hydrogen (secondary N) is 1. The minimum absolute atomic E-state index is 0.0182. The Morgan fingerprint density at radius 1 is 1.07 bits per heavy atom. The zero-order valence-corrected chi connectivity index (χ0v) is 20.4. The predicted molar refractivity (Wildman–Crippen MR) is 112 cm³/mol. The molecule has 162 valence electrons.